The number of aliphatic hydroxyl groups is 3. The Kier molecular flexibility index (Phi) is 16.8. The molecular formula is C47H82O7. The fraction of sp³-hybridized carbons (Fsp3) is 0.936. The normalized spacial score (nSPS) is 38.4. The van der Waals surface area contributed by atoms with E-state index in [4.69, 9.17) is 14.2 Å². The van der Waals surface area contributed by atoms with E-state index in [1.807, 2.05) is 0 Å². The lowest BCUT2D eigenvalue weighted by molar-refractivity contribution is -0.313. The first kappa shape index (κ1) is 44.1. The molecule has 4 aliphatic carbocycles. The Bertz CT molecular complexity index is 1170. The number of hydrogen-bond acceptors (Lipinski definition) is 7. The van der Waals surface area contributed by atoms with E-state index < -0.39 is 30.7 Å². The van der Waals surface area contributed by atoms with Gasteiger partial charge in [-0.1, -0.05) is 137 Å². The van der Waals surface area contributed by atoms with E-state index in [9.17, 15) is 20.1 Å². The lowest BCUT2D eigenvalue weighted by Gasteiger charge is -2.58. The first-order valence-corrected chi connectivity index (χ1v) is 23.1. The molecule has 5 rings (SSSR count). The van der Waals surface area contributed by atoms with Gasteiger partial charge >= 0.3 is 5.97 Å². The van der Waals surface area contributed by atoms with Gasteiger partial charge in [-0.3, -0.25) is 4.79 Å². The Morgan fingerprint density at radius 3 is 2.19 bits per heavy atom. The van der Waals surface area contributed by atoms with Crippen molar-refractivity contribution in [3.63, 3.8) is 0 Å². The van der Waals surface area contributed by atoms with Crippen molar-refractivity contribution in [1.29, 1.82) is 0 Å². The first-order chi connectivity index (χ1) is 25.9. The molecule has 1 saturated heterocycles. The number of unbranched alkanes of at least 4 members (excludes halogenated alkanes) is 10. The molecule has 1 heterocycles. The molecule has 7 nitrogen and oxygen atoms in total. The molecule has 54 heavy (non-hydrogen) atoms. The molecule has 312 valence electrons. The molecule has 1 aliphatic heterocycles. The number of fused-ring (bicyclic) bond motifs is 5. The van der Waals surface area contributed by atoms with Crippen LogP contribution in [0, 0.1) is 46.3 Å². The third kappa shape index (κ3) is 10.7. The van der Waals surface area contributed by atoms with Gasteiger partial charge in [-0.05, 0) is 104 Å². The highest BCUT2D eigenvalue weighted by Crippen LogP contribution is 2.67. The molecular weight excluding hydrogens is 677 g/mol. The number of allylic oxidation sites excluding steroid dienone is 1. The van der Waals surface area contributed by atoms with Crippen molar-refractivity contribution in [2.75, 3.05) is 6.61 Å². The number of carbonyl (C=O) groups excluding carboxylic acids is 1. The van der Waals surface area contributed by atoms with E-state index >= 15 is 0 Å². The van der Waals surface area contributed by atoms with Crippen molar-refractivity contribution in [3.05, 3.63) is 11.6 Å². The third-order valence-corrected chi connectivity index (χ3v) is 15.6. The van der Waals surface area contributed by atoms with Crippen molar-refractivity contribution >= 4 is 5.97 Å². The molecule has 7 heteroatoms. The summed E-state index contributed by atoms with van der Waals surface area (Å²) in [7, 11) is 0. The van der Waals surface area contributed by atoms with Crippen molar-refractivity contribution in [2.45, 2.75) is 226 Å². The largest absolute Gasteiger partial charge is 0.463 e. The predicted molar refractivity (Wildman–Crippen MR) is 217 cm³/mol. The van der Waals surface area contributed by atoms with Gasteiger partial charge in [-0.15, -0.1) is 0 Å². The SMILES string of the molecule is CCCCCCCCCCCCCC(=O)OC[C@H]1O[C@H](O[C@H]2CC[C@@]3(C)C(=CC[C@H]4[C@@H]5CC[C@H]([C@H](C)CCCC(C)C)[C@@]5(C)CC[C@@H]43)C2)[C@@H](O)[C@@H](O)[C@H]1O. The van der Waals surface area contributed by atoms with Crippen LogP contribution in [0.25, 0.3) is 0 Å². The summed E-state index contributed by atoms with van der Waals surface area (Å²) in [5.41, 5.74) is 2.15. The van der Waals surface area contributed by atoms with Crippen LogP contribution >= 0.6 is 0 Å². The van der Waals surface area contributed by atoms with E-state index in [0.29, 0.717) is 17.8 Å². The summed E-state index contributed by atoms with van der Waals surface area (Å²) in [6.45, 7) is 14.5. The fourth-order valence-corrected chi connectivity index (χ4v) is 12.3. The Morgan fingerprint density at radius 2 is 1.50 bits per heavy atom. The average Bonchev–Trinajstić information content (AvgIpc) is 3.50. The lowest BCUT2D eigenvalue weighted by Crippen LogP contribution is -2.60. The lowest BCUT2D eigenvalue weighted by atomic mass is 9.47. The van der Waals surface area contributed by atoms with Gasteiger partial charge in [-0.25, -0.2) is 0 Å². The van der Waals surface area contributed by atoms with Gasteiger partial charge in [0.2, 0.25) is 0 Å². The molecule has 0 radical (unpaired) electrons. The number of ether oxygens (including phenoxy) is 3. The van der Waals surface area contributed by atoms with Crippen LogP contribution in [0.1, 0.15) is 189 Å². The zero-order valence-corrected chi connectivity index (χ0v) is 35.5. The van der Waals surface area contributed by atoms with Crippen LogP contribution in [0.5, 0.6) is 0 Å². The maximum absolute atomic E-state index is 12.5. The van der Waals surface area contributed by atoms with Crippen LogP contribution in [0.3, 0.4) is 0 Å². The first-order valence-electron chi connectivity index (χ1n) is 23.1. The Morgan fingerprint density at radius 1 is 0.815 bits per heavy atom. The molecule has 5 aliphatic rings. The topological polar surface area (TPSA) is 105 Å². The average molecular weight is 759 g/mol. The van der Waals surface area contributed by atoms with Gasteiger partial charge in [0.05, 0.1) is 6.10 Å². The molecule has 3 saturated carbocycles. The van der Waals surface area contributed by atoms with E-state index in [0.717, 1.165) is 74.5 Å². The summed E-state index contributed by atoms with van der Waals surface area (Å²) < 4.78 is 18.0. The van der Waals surface area contributed by atoms with E-state index in [1.54, 1.807) is 0 Å². The van der Waals surface area contributed by atoms with E-state index in [-0.39, 0.29) is 24.1 Å². The van der Waals surface area contributed by atoms with Crippen molar-refractivity contribution in [2.24, 2.45) is 46.3 Å². The Labute approximate surface area is 330 Å². The second kappa shape index (κ2) is 20.6. The maximum Gasteiger partial charge on any atom is 0.305 e. The van der Waals surface area contributed by atoms with Gasteiger partial charge < -0.3 is 29.5 Å². The highest BCUT2D eigenvalue weighted by molar-refractivity contribution is 5.69. The van der Waals surface area contributed by atoms with Gasteiger partial charge in [0.1, 0.15) is 31.0 Å². The van der Waals surface area contributed by atoms with E-state index in [2.05, 4.69) is 47.6 Å². The van der Waals surface area contributed by atoms with Gasteiger partial charge in [0.15, 0.2) is 6.29 Å². The Balaban J connectivity index is 1.06. The van der Waals surface area contributed by atoms with Gasteiger partial charge in [-0.2, -0.15) is 0 Å². The smallest absolute Gasteiger partial charge is 0.305 e. The summed E-state index contributed by atoms with van der Waals surface area (Å²) >= 11 is 0. The van der Waals surface area contributed by atoms with Crippen LogP contribution in [0.4, 0.5) is 0 Å². The Hall–Kier alpha value is -0.990. The highest BCUT2D eigenvalue weighted by atomic mass is 16.7. The molecule has 0 spiro atoms. The number of rotatable bonds is 21. The van der Waals surface area contributed by atoms with Crippen LogP contribution in [0.2, 0.25) is 0 Å². The van der Waals surface area contributed by atoms with Crippen molar-refractivity contribution in [1.82, 2.24) is 0 Å². The maximum atomic E-state index is 12.5. The number of carbonyl (C=O) groups is 1. The molecule has 0 aromatic rings. The summed E-state index contributed by atoms with van der Waals surface area (Å²) in [6, 6.07) is 0. The van der Waals surface area contributed by atoms with E-state index in [1.165, 1.54) is 102 Å². The second-order valence-electron chi connectivity index (χ2n) is 19.8. The quantitative estimate of drug-likeness (QED) is 0.0608. The number of hydrogen-bond donors (Lipinski definition) is 3. The zero-order chi connectivity index (χ0) is 38.9. The minimum atomic E-state index is -1.44. The van der Waals surface area contributed by atoms with Crippen LogP contribution < -0.4 is 0 Å². The molecule has 0 aromatic heterocycles. The summed E-state index contributed by atoms with van der Waals surface area (Å²) in [6.07, 6.45) is 23.4. The zero-order valence-electron chi connectivity index (χ0n) is 35.5. The fourth-order valence-electron chi connectivity index (χ4n) is 12.3. The van der Waals surface area contributed by atoms with Crippen LogP contribution in [-0.4, -0.2) is 64.7 Å². The van der Waals surface area contributed by atoms with Crippen LogP contribution in [0.15, 0.2) is 11.6 Å². The third-order valence-electron chi connectivity index (χ3n) is 15.6. The van der Waals surface area contributed by atoms with Gasteiger partial charge in [0.25, 0.3) is 0 Å². The minimum absolute atomic E-state index is 0.136. The minimum Gasteiger partial charge on any atom is -0.463 e. The second-order valence-corrected chi connectivity index (χ2v) is 19.8. The standard InChI is InChI=1S/C47H82O7/c1-7-8-9-10-11-12-13-14-15-16-17-21-41(48)52-31-40-42(49)43(50)44(51)45(54-40)53-35-26-28-46(5)34(30-35)22-23-36-38-25-24-37(33(4)20-18-19-32(2)3)47(38,6)29-27-39(36)46/h22,32-33,35-40,42-45,49-51H,7-21,23-31H2,1-6H3/t33-,35+,36+,37-,38+,39+,40-,42+,43+,44+,45+,46+,47-/m1/s1. The van der Waals surface area contributed by atoms with Crippen LogP contribution in [-0.2, 0) is 19.0 Å². The number of esters is 1. The van der Waals surface area contributed by atoms with Gasteiger partial charge in [0, 0.05) is 6.42 Å². The molecule has 13 atom stereocenters. The summed E-state index contributed by atoms with van der Waals surface area (Å²) in [5, 5.41) is 32.4. The molecule has 0 aromatic carbocycles. The predicted octanol–water partition coefficient (Wildman–Crippen LogP) is 10.5. The van der Waals surface area contributed by atoms with Crippen molar-refractivity contribution in [3.8, 4) is 0 Å². The molecule has 0 unspecified atom stereocenters. The summed E-state index contributed by atoms with van der Waals surface area (Å²) in [4.78, 5) is 12.5. The molecule has 3 N–H and O–H groups in total. The van der Waals surface area contributed by atoms with Crippen molar-refractivity contribution < 1.29 is 34.3 Å². The molecule has 4 fully saturated rings. The molecule has 0 amide bonds. The summed E-state index contributed by atoms with van der Waals surface area (Å²) in [5.74, 6) is 4.45. The monoisotopic (exact) mass is 759 g/mol. The molecule has 0 bridgehead atoms. The number of aliphatic hydroxyl groups excluding tert-OH is 3. The highest BCUT2D eigenvalue weighted by Gasteiger charge is 2.59.